The van der Waals surface area contributed by atoms with E-state index in [-0.39, 0.29) is 12.1 Å². The maximum Gasteiger partial charge on any atom is 0.262 e. The van der Waals surface area contributed by atoms with Gasteiger partial charge in [0.25, 0.3) is 5.56 Å². The Hall–Kier alpha value is -2.80. The van der Waals surface area contributed by atoms with Gasteiger partial charge in [-0.3, -0.25) is 9.36 Å². The molecule has 28 heavy (non-hydrogen) atoms. The molecule has 1 aliphatic carbocycles. The topological polar surface area (TPSA) is 73.8 Å². The second-order valence-corrected chi connectivity index (χ2v) is 8.56. The highest BCUT2D eigenvalue weighted by Gasteiger charge is 2.23. The van der Waals surface area contributed by atoms with Gasteiger partial charge in [-0.15, -0.1) is 11.3 Å². The maximum absolute atomic E-state index is 13.1. The van der Waals surface area contributed by atoms with Gasteiger partial charge in [0.2, 0.25) is 5.89 Å². The van der Waals surface area contributed by atoms with Crippen molar-refractivity contribution in [1.82, 2.24) is 19.7 Å². The molecule has 3 aromatic heterocycles. The van der Waals surface area contributed by atoms with Crippen molar-refractivity contribution < 1.29 is 4.52 Å². The summed E-state index contributed by atoms with van der Waals surface area (Å²) in [4.78, 5) is 24.2. The number of hydrogen-bond acceptors (Lipinski definition) is 6. The molecule has 1 aliphatic rings. The Morgan fingerprint density at radius 1 is 1.29 bits per heavy atom. The molecule has 1 unspecified atom stereocenters. The molecule has 1 aromatic carbocycles. The lowest BCUT2D eigenvalue weighted by Crippen LogP contribution is -2.22. The van der Waals surface area contributed by atoms with E-state index in [1.165, 1.54) is 10.4 Å². The number of fused-ring (bicyclic) bond motifs is 3. The van der Waals surface area contributed by atoms with Gasteiger partial charge in [-0.05, 0) is 36.3 Å². The third-order valence-electron chi connectivity index (χ3n) is 5.30. The van der Waals surface area contributed by atoms with E-state index in [0.717, 1.165) is 35.0 Å². The third-order valence-corrected chi connectivity index (χ3v) is 6.46. The van der Waals surface area contributed by atoms with Gasteiger partial charge in [0, 0.05) is 4.88 Å². The van der Waals surface area contributed by atoms with Crippen LogP contribution in [0.4, 0.5) is 0 Å². The zero-order valence-corrected chi connectivity index (χ0v) is 16.4. The Morgan fingerprint density at radius 2 is 2.14 bits per heavy atom. The smallest absolute Gasteiger partial charge is 0.262 e. The first kappa shape index (κ1) is 17.3. The molecule has 1 atom stereocenters. The molecule has 142 valence electrons. The predicted molar refractivity (Wildman–Crippen MR) is 108 cm³/mol. The molecule has 0 fully saturated rings. The fourth-order valence-corrected chi connectivity index (χ4v) is 5.17. The van der Waals surface area contributed by atoms with Crippen LogP contribution in [0.25, 0.3) is 10.2 Å². The second kappa shape index (κ2) is 6.98. The van der Waals surface area contributed by atoms with E-state index in [2.05, 4.69) is 22.0 Å². The maximum atomic E-state index is 13.1. The molecule has 7 heteroatoms. The fourth-order valence-electron chi connectivity index (χ4n) is 3.83. The van der Waals surface area contributed by atoms with E-state index in [1.807, 2.05) is 30.3 Å². The monoisotopic (exact) mass is 392 g/mol. The molecule has 3 heterocycles. The van der Waals surface area contributed by atoms with Gasteiger partial charge in [-0.25, -0.2) is 4.98 Å². The molecular weight excluding hydrogens is 372 g/mol. The molecular formula is C21H20N4O2S. The average Bonchev–Trinajstić information content (AvgIpc) is 3.28. The van der Waals surface area contributed by atoms with Crippen molar-refractivity contribution in [3.8, 4) is 0 Å². The normalized spacial score (nSPS) is 16.4. The largest absolute Gasteiger partial charge is 0.339 e. The molecule has 4 aromatic rings. The van der Waals surface area contributed by atoms with Gasteiger partial charge >= 0.3 is 0 Å². The van der Waals surface area contributed by atoms with Crippen LogP contribution < -0.4 is 5.56 Å². The van der Waals surface area contributed by atoms with Gasteiger partial charge in [0.1, 0.15) is 4.83 Å². The predicted octanol–water partition coefficient (Wildman–Crippen LogP) is 3.60. The van der Waals surface area contributed by atoms with Crippen LogP contribution in [0.3, 0.4) is 0 Å². The average molecular weight is 392 g/mol. The second-order valence-electron chi connectivity index (χ2n) is 7.48. The van der Waals surface area contributed by atoms with Crippen molar-refractivity contribution >= 4 is 21.6 Å². The van der Waals surface area contributed by atoms with Crippen molar-refractivity contribution in [3.05, 3.63) is 74.7 Å². The Balaban J connectivity index is 1.43. The van der Waals surface area contributed by atoms with Crippen molar-refractivity contribution in [3.63, 3.8) is 0 Å². The van der Waals surface area contributed by atoms with E-state index in [9.17, 15) is 4.79 Å². The molecule has 6 nitrogen and oxygen atoms in total. The Morgan fingerprint density at radius 3 is 3.00 bits per heavy atom. The van der Waals surface area contributed by atoms with Crippen LogP contribution in [0.2, 0.25) is 0 Å². The van der Waals surface area contributed by atoms with E-state index >= 15 is 0 Å². The molecule has 0 spiro atoms. The summed E-state index contributed by atoms with van der Waals surface area (Å²) in [6, 6.07) is 9.98. The summed E-state index contributed by atoms with van der Waals surface area (Å²) in [5.74, 6) is 1.71. The van der Waals surface area contributed by atoms with Crippen LogP contribution in [-0.2, 0) is 25.8 Å². The molecule has 0 saturated carbocycles. The summed E-state index contributed by atoms with van der Waals surface area (Å²) >= 11 is 1.66. The Labute approximate surface area is 165 Å². The first-order chi connectivity index (χ1) is 13.7. The van der Waals surface area contributed by atoms with E-state index < -0.39 is 0 Å². The lowest BCUT2D eigenvalue weighted by molar-refractivity contribution is 0.378. The number of benzene rings is 1. The van der Waals surface area contributed by atoms with Crippen LogP contribution in [0.1, 0.15) is 41.1 Å². The SMILES string of the molecule is CC1CCc2c(sc3ncn(Cc4noc(Cc5ccccc5)n4)c(=O)c23)C1. The van der Waals surface area contributed by atoms with Crippen LogP contribution in [0.5, 0.6) is 0 Å². The number of nitrogens with zero attached hydrogens (tertiary/aromatic N) is 4. The summed E-state index contributed by atoms with van der Waals surface area (Å²) in [5, 5.41) is 4.82. The summed E-state index contributed by atoms with van der Waals surface area (Å²) in [6.45, 7) is 2.53. The first-order valence-corrected chi connectivity index (χ1v) is 10.3. The van der Waals surface area contributed by atoms with E-state index in [1.54, 1.807) is 22.2 Å². The lowest BCUT2D eigenvalue weighted by Gasteiger charge is -2.17. The molecule has 0 amide bonds. The zero-order valence-electron chi connectivity index (χ0n) is 15.6. The number of hydrogen-bond donors (Lipinski definition) is 0. The van der Waals surface area contributed by atoms with Crippen LogP contribution in [0.15, 0.2) is 46.0 Å². The molecule has 0 saturated heterocycles. The van der Waals surface area contributed by atoms with Crippen LogP contribution >= 0.6 is 11.3 Å². The number of rotatable bonds is 4. The summed E-state index contributed by atoms with van der Waals surface area (Å²) < 4.78 is 6.95. The quantitative estimate of drug-likeness (QED) is 0.530. The van der Waals surface area contributed by atoms with Gasteiger partial charge < -0.3 is 4.52 Å². The van der Waals surface area contributed by atoms with Crippen molar-refractivity contribution in [2.75, 3.05) is 0 Å². The van der Waals surface area contributed by atoms with Crippen LogP contribution in [-0.4, -0.2) is 19.7 Å². The van der Waals surface area contributed by atoms with E-state index in [4.69, 9.17) is 4.52 Å². The molecule has 0 aliphatic heterocycles. The molecule has 0 N–H and O–H groups in total. The standard InChI is InChI=1S/C21H20N4O2S/c1-13-7-8-15-16(9-13)28-20-19(15)21(26)25(12-22-20)11-17-23-18(27-24-17)10-14-5-3-2-4-6-14/h2-6,12-13H,7-11H2,1H3. The minimum Gasteiger partial charge on any atom is -0.339 e. The summed E-state index contributed by atoms with van der Waals surface area (Å²) in [7, 11) is 0. The number of thiophene rings is 1. The molecule has 5 rings (SSSR count). The Bertz CT molecular complexity index is 1190. The van der Waals surface area contributed by atoms with E-state index in [0.29, 0.717) is 24.1 Å². The highest BCUT2D eigenvalue weighted by atomic mass is 32.1. The van der Waals surface area contributed by atoms with Gasteiger partial charge in [0.15, 0.2) is 5.82 Å². The minimum atomic E-state index is -0.00791. The summed E-state index contributed by atoms with van der Waals surface area (Å²) in [5.41, 5.74) is 2.30. The van der Waals surface area contributed by atoms with Gasteiger partial charge in [-0.1, -0.05) is 42.4 Å². The minimum absolute atomic E-state index is 0.00791. The van der Waals surface area contributed by atoms with Gasteiger partial charge in [0.05, 0.1) is 24.7 Å². The third kappa shape index (κ3) is 3.16. The number of aromatic nitrogens is 4. The van der Waals surface area contributed by atoms with Gasteiger partial charge in [-0.2, -0.15) is 4.98 Å². The highest BCUT2D eigenvalue weighted by Crippen LogP contribution is 2.35. The van der Waals surface area contributed by atoms with Crippen molar-refractivity contribution in [2.45, 2.75) is 39.2 Å². The fraction of sp³-hybridized carbons (Fsp3) is 0.333. The van der Waals surface area contributed by atoms with Crippen molar-refractivity contribution in [2.24, 2.45) is 5.92 Å². The first-order valence-electron chi connectivity index (χ1n) is 9.52. The highest BCUT2D eigenvalue weighted by molar-refractivity contribution is 7.18. The number of aryl methyl sites for hydroxylation is 1. The van der Waals surface area contributed by atoms with Crippen molar-refractivity contribution in [1.29, 1.82) is 0 Å². The zero-order chi connectivity index (χ0) is 19.1. The lowest BCUT2D eigenvalue weighted by atomic mass is 9.89. The molecule has 0 radical (unpaired) electrons. The summed E-state index contributed by atoms with van der Waals surface area (Å²) in [6.07, 6.45) is 5.31. The van der Waals surface area contributed by atoms with Crippen LogP contribution in [0, 0.1) is 5.92 Å². The molecule has 0 bridgehead atoms. The Kier molecular flexibility index (Phi) is 4.31.